The fraction of sp³-hybridized carbons (Fsp3) is 0.600. The van der Waals surface area contributed by atoms with Crippen molar-refractivity contribution in [3.63, 3.8) is 0 Å². The highest BCUT2D eigenvalue weighted by Gasteiger charge is 2.17. The fourth-order valence-electron chi connectivity index (χ4n) is 1.45. The Hall–Kier alpha value is -0.630. The minimum Gasteiger partial charge on any atom is -0.493 e. The first kappa shape index (κ1) is 14.4. The van der Waals surface area contributed by atoms with Crippen LogP contribution in [-0.4, -0.2) is 12.4 Å². The minimum absolute atomic E-state index is 0.114. The Morgan fingerprint density at radius 2 is 1.94 bits per heavy atom. The zero-order valence-electron chi connectivity index (χ0n) is 11.6. The van der Waals surface area contributed by atoms with E-state index in [0.717, 1.165) is 11.5 Å². The quantitative estimate of drug-likeness (QED) is 0.762. The zero-order chi connectivity index (χ0) is 13.1. The van der Waals surface area contributed by atoms with Crippen LogP contribution in [0.3, 0.4) is 0 Å². The second-order valence-corrected chi connectivity index (χ2v) is 6.11. The van der Waals surface area contributed by atoms with Crippen molar-refractivity contribution in [1.82, 2.24) is 0 Å². The maximum absolute atomic E-state index is 5.93. The van der Waals surface area contributed by atoms with Gasteiger partial charge in [-0.25, -0.2) is 0 Å². The molecule has 0 saturated carbocycles. The number of benzene rings is 1. The van der Waals surface area contributed by atoms with Crippen molar-refractivity contribution in [3.05, 3.63) is 29.3 Å². The highest BCUT2D eigenvalue weighted by Crippen LogP contribution is 2.26. The van der Waals surface area contributed by atoms with Gasteiger partial charge in [0.25, 0.3) is 0 Å². The molecule has 0 N–H and O–H groups in total. The summed E-state index contributed by atoms with van der Waals surface area (Å²) < 4.78 is 5.93. The number of hydrogen-bond donors (Lipinski definition) is 1. The third-order valence-electron chi connectivity index (χ3n) is 2.93. The average Bonchev–Trinajstić information content (AvgIpc) is 2.27. The van der Waals surface area contributed by atoms with Crippen molar-refractivity contribution < 1.29 is 4.74 Å². The van der Waals surface area contributed by atoms with Crippen molar-refractivity contribution in [1.29, 1.82) is 0 Å². The molecule has 0 amide bonds. The first-order valence-electron chi connectivity index (χ1n) is 6.20. The molecule has 1 nitrogen and oxygen atoms in total. The molecule has 96 valence electrons. The predicted octanol–water partition coefficient (Wildman–Crippen LogP) is 4.45. The van der Waals surface area contributed by atoms with Crippen LogP contribution in [0.1, 0.15) is 44.7 Å². The summed E-state index contributed by atoms with van der Waals surface area (Å²) in [6.45, 7) is 11.5. The number of rotatable bonds is 5. The Kier molecular flexibility index (Phi) is 4.93. The fourth-order valence-corrected chi connectivity index (χ4v) is 1.54. The van der Waals surface area contributed by atoms with Crippen LogP contribution in [0.5, 0.6) is 5.75 Å². The summed E-state index contributed by atoms with van der Waals surface area (Å²) in [6, 6.07) is 6.48. The smallest absolute Gasteiger partial charge is 0.122 e. The lowest BCUT2D eigenvalue weighted by atomic mass is 9.98. The summed E-state index contributed by atoms with van der Waals surface area (Å²) >= 11 is 4.35. The van der Waals surface area contributed by atoms with Crippen LogP contribution in [0.4, 0.5) is 0 Å². The predicted molar refractivity (Wildman–Crippen MR) is 78.4 cm³/mol. The first-order valence-corrected chi connectivity index (χ1v) is 6.83. The van der Waals surface area contributed by atoms with Gasteiger partial charge >= 0.3 is 0 Å². The molecule has 1 aromatic carbocycles. The van der Waals surface area contributed by atoms with E-state index in [1.165, 1.54) is 11.1 Å². The Bertz CT molecular complexity index is 369. The molecular formula is C15H24OS. The first-order chi connectivity index (χ1) is 7.85. The van der Waals surface area contributed by atoms with Crippen LogP contribution in [-0.2, 0) is 0 Å². The summed E-state index contributed by atoms with van der Waals surface area (Å²) in [5, 5.41) is 0. The number of aryl methyl sites for hydroxylation is 1. The van der Waals surface area contributed by atoms with E-state index in [1.807, 2.05) is 0 Å². The van der Waals surface area contributed by atoms with Crippen molar-refractivity contribution in [2.24, 2.45) is 5.41 Å². The van der Waals surface area contributed by atoms with Gasteiger partial charge in [-0.05, 0) is 35.8 Å². The van der Waals surface area contributed by atoms with Crippen molar-refractivity contribution in [3.8, 4) is 5.75 Å². The van der Waals surface area contributed by atoms with E-state index in [1.54, 1.807) is 0 Å². The molecule has 0 aliphatic rings. The van der Waals surface area contributed by atoms with Crippen LogP contribution in [0.2, 0.25) is 0 Å². The van der Waals surface area contributed by atoms with Crippen LogP contribution >= 0.6 is 12.6 Å². The van der Waals surface area contributed by atoms with E-state index in [2.05, 4.69) is 65.4 Å². The minimum atomic E-state index is 0.114. The summed E-state index contributed by atoms with van der Waals surface area (Å²) in [6.07, 6.45) is 0. The van der Waals surface area contributed by atoms with E-state index in [0.29, 0.717) is 12.5 Å². The largest absolute Gasteiger partial charge is 0.493 e. The van der Waals surface area contributed by atoms with Gasteiger partial charge in [0.2, 0.25) is 0 Å². The molecule has 0 unspecified atom stereocenters. The molecule has 0 fully saturated rings. The summed E-state index contributed by atoms with van der Waals surface area (Å²) in [4.78, 5) is 0. The van der Waals surface area contributed by atoms with Gasteiger partial charge in [-0.1, -0.05) is 39.8 Å². The Morgan fingerprint density at radius 3 is 2.47 bits per heavy atom. The van der Waals surface area contributed by atoms with Crippen molar-refractivity contribution in [2.75, 3.05) is 12.4 Å². The zero-order valence-corrected chi connectivity index (χ0v) is 12.5. The molecular weight excluding hydrogens is 228 g/mol. The van der Waals surface area contributed by atoms with E-state index < -0.39 is 0 Å². The molecule has 0 saturated heterocycles. The van der Waals surface area contributed by atoms with Crippen LogP contribution in [0.15, 0.2) is 18.2 Å². The van der Waals surface area contributed by atoms with Gasteiger partial charge in [-0.15, -0.1) is 0 Å². The van der Waals surface area contributed by atoms with Gasteiger partial charge in [-0.2, -0.15) is 12.6 Å². The van der Waals surface area contributed by atoms with Crippen molar-refractivity contribution >= 4 is 12.6 Å². The highest BCUT2D eigenvalue weighted by atomic mass is 32.1. The monoisotopic (exact) mass is 252 g/mol. The number of ether oxygens (including phenoxy) is 1. The molecule has 17 heavy (non-hydrogen) atoms. The van der Waals surface area contributed by atoms with Gasteiger partial charge in [-0.3, -0.25) is 0 Å². The van der Waals surface area contributed by atoms with Crippen molar-refractivity contribution in [2.45, 2.75) is 40.5 Å². The van der Waals surface area contributed by atoms with E-state index in [9.17, 15) is 0 Å². The third-order valence-corrected chi connectivity index (χ3v) is 3.78. The topological polar surface area (TPSA) is 9.23 Å². The van der Waals surface area contributed by atoms with Crippen LogP contribution in [0.25, 0.3) is 0 Å². The molecule has 0 aromatic heterocycles. The lowest BCUT2D eigenvalue weighted by Crippen LogP contribution is -2.23. The molecule has 0 atom stereocenters. The molecule has 1 aromatic rings. The highest BCUT2D eigenvalue weighted by molar-refractivity contribution is 7.80. The molecule has 0 bridgehead atoms. The summed E-state index contributed by atoms with van der Waals surface area (Å²) in [5.41, 5.74) is 2.64. The molecule has 0 aliphatic heterocycles. The molecule has 0 spiro atoms. The van der Waals surface area contributed by atoms with Gasteiger partial charge in [0.1, 0.15) is 5.75 Å². The van der Waals surface area contributed by atoms with E-state index in [4.69, 9.17) is 4.74 Å². The lowest BCUT2D eigenvalue weighted by molar-refractivity contribution is 0.201. The summed E-state index contributed by atoms with van der Waals surface area (Å²) in [5.74, 6) is 2.37. The Morgan fingerprint density at radius 1 is 1.29 bits per heavy atom. The van der Waals surface area contributed by atoms with Gasteiger partial charge < -0.3 is 4.74 Å². The van der Waals surface area contributed by atoms with Gasteiger partial charge in [0, 0.05) is 5.41 Å². The second-order valence-electron chi connectivity index (χ2n) is 5.79. The normalized spacial score (nSPS) is 11.9. The number of thiol groups is 1. The maximum atomic E-state index is 5.93. The van der Waals surface area contributed by atoms with Gasteiger partial charge in [0.15, 0.2) is 0 Å². The lowest BCUT2D eigenvalue weighted by Gasteiger charge is -2.23. The Labute approximate surface area is 111 Å². The maximum Gasteiger partial charge on any atom is 0.122 e. The average molecular weight is 252 g/mol. The van der Waals surface area contributed by atoms with E-state index >= 15 is 0 Å². The standard InChI is InChI=1S/C15H24OS/c1-11(2)13-7-6-12(3)14(8-13)16-9-15(4,5)10-17/h6-8,11,17H,9-10H2,1-5H3. The third kappa shape index (κ3) is 4.27. The molecule has 1 rings (SSSR count). The molecule has 2 heteroatoms. The van der Waals surface area contributed by atoms with Crippen LogP contribution < -0.4 is 4.74 Å². The second kappa shape index (κ2) is 5.81. The number of hydrogen-bond acceptors (Lipinski definition) is 2. The molecule has 0 heterocycles. The molecule has 0 aliphatic carbocycles. The SMILES string of the molecule is Cc1ccc(C(C)C)cc1OCC(C)(C)CS. The van der Waals surface area contributed by atoms with Gasteiger partial charge in [0.05, 0.1) is 6.61 Å². The summed E-state index contributed by atoms with van der Waals surface area (Å²) in [7, 11) is 0. The van der Waals surface area contributed by atoms with E-state index in [-0.39, 0.29) is 5.41 Å². The van der Waals surface area contributed by atoms with Crippen LogP contribution in [0, 0.1) is 12.3 Å². The Balaban J connectivity index is 2.80. The molecule has 0 radical (unpaired) electrons.